The first-order valence-electron chi connectivity index (χ1n) is 4.65. The molecule has 0 N–H and O–H groups in total. The van der Waals surface area contributed by atoms with Crippen molar-refractivity contribution in [1.82, 2.24) is 0 Å². The van der Waals surface area contributed by atoms with Crippen LogP contribution in [0.15, 0.2) is 6.07 Å². The van der Waals surface area contributed by atoms with Gasteiger partial charge in [0.2, 0.25) is 0 Å². The fourth-order valence-corrected chi connectivity index (χ4v) is 2.91. The highest BCUT2D eigenvalue weighted by Crippen LogP contribution is 2.36. The lowest BCUT2D eigenvalue weighted by Crippen LogP contribution is -1.97. The van der Waals surface area contributed by atoms with E-state index >= 15 is 0 Å². The third-order valence-corrected chi connectivity index (χ3v) is 3.92. The maximum Gasteiger partial charge on any atom is 0.165 e. The molecule has 1 fully saturated rings. The van der Waals surface area contributed by atoms with Gasteiger partial charge < -0.3 is 0 Å². The van der Waals surface area contributed by atoms with E-state index in [1.54, 1.807) is 6.07 Å². The molecular weight excluding hydrogens is 239 g/mol. The molecule has 1 aromatic rings. The lowest BCUT2D eigenvalue weighted by molar-refractivity contribution is 0.0978. The molecule has 1 heterocycles. The van der Waals surface area contributed by atoms with Crippen molar-refractivity contribution >= 4 is 40.3 Å². The van der Waals surface area contributed by atoms with Crippen LogP contribution in [0.4, 0.5) is 0 Å². The van der Waals surface area contributed by atoms with Gasteiger partial charge in [-0.2, -0.15) is 0 Å². The number of halogens is 2. The van der Waals surface area contributed by atoms with E-state index < -0.39 is 0 Å². The molecule has 1 aliphatic carbocycles. The van der Waals surface area contributed by atoms with E-state index in [4.69, 9.17) is 23.2 Å². The van der Waals surface area contributed by atoms with Crippen LogP contribution in [0.3, 0.4) is 0 Å². The molecule has 0 atom stereocenters. The molecule has 2 rings (SSSR count). The molecule has 4 heteroatoms. The number of ketones is 1. The van der Waals surface area contributed by atoms with Crippen LogP contribution >= 0.6 is 34.5 Å². The van der Waals surface area contributed by atoms with Gasteiger partial charge >= 0.3 is 0 Å². The number of Topliss-reactive ketones (excluding diaryl/α,β-unsaturated/α-hetero) is 1. The molecule has 0 spiro atoms. The summed E-state index contributed by atoms with van der Waals surface area (Å²) < 4.78 is 1.11. The van der Waals surface area contributed by atoms with Crippen molar-refractivity contribution in [2.75, 3.05) is 0 Å². The van der Waals surface area contributed by atoms with Crippen molar-refractivity contribution in [2.45, 2.75) is 25.7 Å². The van der Waals surface area contributed by atoms with E-state index in [-0.39, 0.29) is 5.78 Å². The van der Waals surface area contributed by atoms with Crippen LogP contribution in [0.2, 0.25) is 8.67 Å². The first-order valence-corrected chi connectivity index (χ1v) is 6.22. The Hall–Kier alpha value is -0.0500. The molecule has 76 valence electrons. The van der Waals surface area contributed by atoms with E-state index in [0.29, 0.717) is 20.7 Å². The Morgan fingerprint density at radius 2 is 2.21 bits per heavy atom. The quantitative estimate of drug-likeness (QED) is 0.721. The largest absolute Gasteiger partial charge is 0.294 e. The second-order valence-corrected chi connectivity index (χ2v) is 5.93. The first kappa shape index (κ1) is 10.5. The van der Waals surface area contributed by atoms with Crippen LogP contribution in [-0.2, 0) is 0 Å². The van der Waals surface area contributed by atoms with E-state index in [1.807, 2.05) is 0 Å². The molecule has 0 radical (unpaired) electrons. The first-order chi connectivity index (χ1) is 6.66. The summed E-state index contributed by atoms with van der Waals surface area (Å²) in [4.78, 5) is 11.7. The minimum atomic E-state index is 0.130. The second-order valence-electron chi connectivity index (χ2n) is 3.64. The van der Waals surface area contributed by atoms with Crippen molar-refractivity contribution in [1.29, 1.82) is 0 Å². The summed E-state index contributed by atoms with van der Waals surface area (Å²) in [7, 11) is 0. The Balaban J connectivity index is 1.98. The molecule has 0 aliphatic heterocycles. The number of hydrogen-bond acceptors (Lipinski definition) is 2. The summed E-state index contributed by atoms with van der Waals surface area (Å²) in [6, 6.07) is 1.67. The molecule has 0 aromatic carbocycles. The Kier molecular flexibility index (Phi) is 3.15. The van der Waals surface area contributed by atoms with Gasteiger partial charge in [0.25, 0.3) is 0 Å². The number of rotatable bonds is 4. The van der Waals surface area contributed by atoms with Crippen molar-refractivity contribution < 1.29 is 4.79 Å². The topological polar surface area (TPSA) is 17.1 Å². The molecule has 14 heavy (non-hydrogen) atoms. The van der Waals surface area contributed by atoms with Gasteiger partial charge in [-0.25, -0.2) is 0 Å². The molecule has 0 unspecified atom stereocenters. The van der Waals surface area contributed by atoms with Crippen LogP contribution in [0, 0.1) is 5.92 Å². The summed E-state index contributed by atoms with van der Waals surface area (Å²) >= 11 is 12.9. The Bertz CT molecular complexity index is 355. The highest BCUT2D eigenvalue weighted by Gasteiger charge is 2.23. The molecule has 1 saturated carbocycles. The lowest BCUT2D eigenvalue weighted by atomic mass is 10.1. The summed E-state index contributed by atoms with van der Waals surface area (Å²) in [6.45, 7) is 0. The highest BCUT2D eigenvalue weighted by atomic mass is 35.5. The molecule has 0 bridgehead atoms. The molecule has 1 aromatic heterocycles. The smallest absolute Gasteiger partial charge is 0.165 e. The van der Waals surface area contributed by atoms with Crippen molar-refractivity contribution in [3.05, 3.63) is 20.3 Å². The van der Waals surface area contributed by atoms with Crippen LogP contribution in [0.25, 0.3) is 0 Å². The Morgan fingerprint density at radius 1 is 1.50 bits per heavy atom. The monoisotopic (exact) mass is 248 g/mol. The van der Waals surface area contributed by atoms with Gasteiger partial charge in [-0.15, -0.1) is 11.3 Å². The van der Waals surface area contributed by atoms with Gasteiger partial charge in [0.1, 0.15) is 4.34 Å². The van der Waals surface area contributed by atoms with Gasteiger partial charge in [-0.1, -0.05) is 36.0 Å². The van der Waals surface area contributed by atoms with E-state index in [0.717, 1.165) is 12.3 Å². The fraction of sp³-hybridized carbons (Fsp3) is 0.500. The van der Waals surface area contributed by atoms with Gasteiger partial charge in [0.05, 0.1) is 4.34 Å². The molecular formula is C10H10Cl2OS. The average Bonchev–Trinajstić information content (AvgIpc) is 2.88. The standard InChI is InChI=1S/C10H10Cl2OS/c11-9-5-7(10(12)14-9)8(13)4-3-6-1-2-6/h5-6H,1-4H2. The number of carbonyl (C=O) groups is 1. The third-order valence-electron chi connectivity index (χ3n) is 2.43. The predicted octanol–water partition coefficient (Wildman–Crippen LogP) is 4.43. The van der Waals surface area contributed by atoms with E-state index in [2.05, 4.69) is 0 Å². The Labute approximate surface area is 97.0 Å². The summed E-state index contributed by atoms with van der Waals surface area (Å²) in [5.74, 6) is 0.914. The van der Waals surface area contributed by atoms with E-state index in [9.17, 15) is 4.79 Å². The van der Waals surface area contributed by atoms with Gasteiger partial charge in [-0.3, -0.25) is 4.79 Å². The average molecular weight is 249 g/mol. The van der Waals surface area contributed by atoms with Crippen molar-refractivity contribution in [3.63, 3.8) is 0 Å². The summed E-state index contributed by atoms with van der Waals surface area (Å²) in [6.07, 6.45) is 4.18. The number of hydrogen-bond donors (Lipinski definition) is 0. The van der Waals surface area contributed by atoms with Gasteiger partial charge in [-0.05, 0) is 18.4 Å². The van der Waals surface area contributed by atoms with E-state index in [1.165, 1.54) is 24.2 Å². The minimum absolute atomic E-state index is 0.130. The maximum absolute atomic E-state index is 11.7. The zero-order valence-corrected chi connectivity index (χ0v) is 9.88. The second kappa shape index (κ2) is 4.21. The summed E-state index contributed by atoms with van der Waals surface area (Å²) in [5, 5.41) is 0. The highest BCUT2D eigenvalue weighted by molar-refractivity contribution is 7.20. The Morgan fingerprint density at radius 3 is 2.71 bits per heavy atom. The van der Waals surface area contributed by atoms with Gasteiger partial charge in [0.15, 0.2) is 5.78 Å². The lowest BCUT2D eigenvalue weighted by Gasteiger charge is -1.97. The van der Waals surface area contributed by atoms with Crippen molar-refractivity contribution in [2.24, 2.45) is 5.92 Å². The zero-order valence-electron chi connectivity index (χ0n) is 7.56. The maximum atomic E-state index is 11.7. The van der Waals surface area contributed by atoms with Crippen LogP contribution in [0.5, 0.6) is 0 Å². The predicted molar refractivity (Wildman–Crippen MR) is 60.6 cm³/mol. The summed E-state index contributed by atoms with van der Waals surface area (Å²) in [5.41, 5.74) is 0.599. The minimum Gasteiger partial charge on any atom is -0.294 e. The van der Waals surface area contributed by atoms with Crippen LogP contribution in [0.1, 0.15) is 36.0 Å². The third kappa shape index (κ3) is 2.50. The zero-order chi connectivity index (χ0) is 10.1. The number of carbonyl (C=O) groups excluding carboxylic acids is 1. The van der Waals surface area contributed by atoms with Crippen LogP contribution in [-0.4, -0.2) is 5.78 Å². The van der Waals surface area contributed by atoms with Crippen molar-refractivity contribution in [3.8, 4) is 0 Å². The normalized spacial score (nSPS) is 15.9. The molecule has 0 saturated heterocycles. The fourth-order valence-electron chi connectivity index (χ4n) is 1.41. The van der Waals surface area contributed by atoms with Crippen LogP contribution < -0.4 is 0 Å². The SMILES string of the molecule is O=C(CCC1CC1)c1cc(Cl)sc1Cl. The molecule has 1 aliphatic rings. The van der Waals surface area contributed by atoms with Gasteiger partial charge in [0, 0.05) is 12.0 Å². The number of thiophene rings is 1. The molecule has 1 nitrogen and oxygen atoms in total. The molecule has 0 amide bonds.